The lowest BCUT2D eigenvalue weighted by Crippen LogP contribution is -2.25. The van der Waals surface area contributed by atoms with E-state index in [4.69, 9.17) is 9.47 Å². The van der Waals surface area contributed by atoms with Crippen molar-refractivity contribution in [3.63, 3.8) is 0 Å². The van der Waals surface area contributed by atoms with Crippen LogP contribution in [-0.2, 0) is 16.1 Å². The number of ether oxygens (including phenoxy) is 2. The van der Waals surface area contributed by atoms with E-state index >= 15 is 0 Å². The van der Waals surface area contributed by atoms with E-state index < -0.39 is 17.4 Å². The van der Waals surface area contributed by atoms with Gasteiger partial charge >= 0.3 is 0 Å². The summed E-state index contributed by atoms with van der Waals surface area (Å²) in [4.78, 5) is 26.2. The zero-order valence-electron chi connectivity index (χ0n) is 15.5. The number of hydrogen-bond acceptors (Lipinski definition) is 8. The first-order valence-electron chi connectivity index (χ1n) is 8.14. The molecule has 0 fully saturated rings. The highest BCUT2D eigenvalue weighted by atomic mass is 79.9. The molecule has 150 valence electrons. The Labute approximate surface area is 174 Å². The van der Waals surface area contributed by atoms with E-state index in [9.17, 15) is 20.2 Å². The molecule has 10 nitrogen and oxygen atoms in total. The van der Waals surface area contributed by atoms with Gasteiger partial charge < -0.3 is 9.47 Å². The molecule has 0 unspecified atom stereocenters. The summed E-state index contributed by atoms with van der Waals surface area (Å²) in [5, 5.41) is 23.8. The molecule has 0 aliphatic carbocycles. The summed E-state index contributed by atoms with van der Waals surface area (Å²) < 4.78 is 11.1. The maximum absolute atomic E-state index is 11.9. The number of benzene rings is 1. The number of nitro benzene ring substituents is 1. The molecular formula is C18H16BrN5O5. The molecule has 1 heterocycles. The van der Waals surface area contributed by atoms with Crippen LogP contribution in [0.3, 0.4) is 0 Å². The summed E-state index contributed by atoms with van der Waals surface area (Å²) in [7, 11) is 1.50. The Balaban J connectivity index is 2.00. The minimum Gasteiger partial charge on any atom is -0.467 e. The van der Waals surface area contributed by atoms with E-state index in [0.717, 1.165) is 0 Å². The predicted octanol–water partition coefficient (Wildman–Crippen LogP) is 2.61. The lowest BCUT2D eigenvalue weighted by Gasteiger charge is -2.13. The van der Waals surface area contributed by atoms with E-state index in [1.165, 1.54) is 37.6 Å². The van der Waals surface area contributed by atoms with Gasteiger partial charge in [-0.05, 0) is 40.5 Å². The maximum Gasteiger partial charge on any atom is 0.278 e. The molecule has 29 heavy (non-hydrogen) atoms. The standard InChI is InChI=1S/C18H16BrN5O5/c1-11-17(19)15(9-28-2)14(7-20)18(22-11)29-10-16(25)23-21-8-12-3-5-13(6-4-12)24(26)27/h3-6,8H,9-10H2,1-2H3,(H,23,25). The summed E-state index contributed by atoms with van der Waals surface area (Å²) in [6.07, 6.45) is 1.33. The number of nitro groups is 1. The Morgan fingerprint density at radius 3 is 2.72 bits per heavy atom. The van der Waals surface area contributed by atoms with Gasteiger partial charge in [-0.2, -0.15) is 10.4 Å². The third-order valence-corrected chi connectivity index (χ3v) is 4.67. The number of nitriles is 1. The number of carbonyl (C=O) groups excluding carboxylic acids is 1. The van der Waals surface area contributed by atoms with Crippen LogP contribution in [0, 0.1) is 28.4 Å². The highest BCUT2D eigenvalue weighted by Gasteiger charge is 2.18. The topological polar surface area (TPSA) is 140 Å². The van der Waals surface area contributed by atoms with Crippen molar-refractivity contribution in [3.05, 3.63) is 61.2 Å². The predicted molar refractivity (Wildman–Crippen MR) is 106 cm³/mol. The van der Waals surface area contributed by atoms with Gasteiger partial charge in [0.15, 0.2) is 6.61 Å². The highest BCUT2D eigenvalue weighted by Crippen LogP contribution is 2.29. The Morgan fingerprint density at radius 2 is 2.14 bits per heavy atom. The molecule has 0 atom stereocenters. The molecule has 0 aliphatic heterocycles. The molecule has 0 saturated carbocycles. The third-order valence-electron chi connectivity index (χ3n) is 3.61. The Bertz CT molecular complexity index is 986. The number of carbonyl (C=O) groups is 1. The molecule has 2 aromatic rings. The first-order valence-corrected chi connectivity index (χ1v) is 8.93. The molecule has 0 bridgehead atoms. The molecule has 1 aromatic heterocycles. The number of pyridine rings is 1. The fourth-order valence-electron chi connectivity index (χ4n) is 2.24. The number of hydrazone groups is 1. The van der Waals surface area contributed by atoms with Crippen molar-refractivity contribution in [3.8, 4) is 11.9 Å². The SMILES string of the molecule is COCc1c(Br)c(C)nc(OCC(=O)NN=Cc2ccc([N+](=O)[O-])cc2)c1C#N. The van der Waals surface area contributed by atoms with Crippen LogP contribution in [0.4, 0.5) is 5.69 Å². The number of rotatable bonds is 8. The number of nitrogens with zero attached hydrogens (tertiary/aromatic N) is 4. The zero-order valence-corrected chi connectivity index (χ0v) is 17.1. The number of nitrogens with one attached hydrogen (secondary N) is 1. The number of aromatic nitrogens is 1. The molecule has 11 heteroatoms. The van der Waals surface area contributed by atoms with E-state index in [0.29, 0.717) is 21.3 Å². The number of methoxy groups -OCH3 is 1. The van der Waals surface area contributed by atoms with Gasteiger partial charge in [0.05, 0.1) is 23.4 Å². The number of amides is 1. The average Bonchev–Trinajstić information content (AvgIpc) is 2.70. The van der Waals surface area contributed by atoms with Crippen molar-refractivity contribution in [1.82, 2.24) is 10.4 Å². The van der Waals surface area contributed by atoms with Gasteiger partial charge in [0.2, 0.25) is 5.88 Å². The second-order valence-corrected chi connectivity index (χ2v) is 6.44. The van der Waals surface area contributed by atoms with Crippen LogP contribution in [-0.4, -0.2) is 35.7 Å². The van der Waals surface area contributed by atoms with Crippen molar-refractivity contribution < 1.29 is 19.2 Å². The molecule has 1 N–H and O–H groups in total. The second kappa shape index (κ2) is 10.3. The summed E-state index contributed by atoms with van der Waals surface area (Å²) >= 11 is 3.37. The fourth-order valence-corrected chi connectivity index (χ4v) is 2.64. The average molecular weight is 462 g/mol. The lowest BCUT2D eigenvalue weighted by molar-refractivity contribution is -0.384. The van der Waals surface area contributed by atoms with Crippen LogP contribution in [0.15, 0.2) is 33.8 Å². The first-order chi connectivity index (χ1) is 13.9. The van der Waals surface area contributed by atoms with Crippen LogP contribution >= 0.6 is 15.9 Å². The van der Waals surface area contributed by atoms with Crippen molar-refractivity contribution in [2.24, 2.45) is 5.10 Å². The van der Waals surface area contributed by atoms with Crippen LogP contribution in [0.25, 0.3) is 0 Å². The molecule has 0 aliphatic rings. The van der Waals surface area contributed by atoms with Crippen molar-refractivity contribution in [2.75, 3.05) is 13.7 Å². The Kier molecular flexibility index (Phi) is 7.76. The Hall–Kier alpha value is -3.36. The summed E-state index contributed by atoms with van der Waals surface area (Å²) in [6, 6.07) is 7.66. The number of halogens is 1. The molecule has 1 aromatic carbocycles. The maximum atomic E-state index is 11.9. The van der Waals surface area contributed by atoms with E-state index in [1.54, 1.807) is 6.92 Å². The zero-order chi connectivity index (χ0) is 21.4. The molecule has 0 spiro atoms. The molecule has 0 saturated heterocycles. The molecule has 1 amide bonds. The van der Waals surface area contributed by atoms with Crippen molar-refractivity contribution in [1.29, 1.82) is 5.26 Å². The summed E-state index contributed by atoms with van der Waals surface area (Å²) in [5.41, 5.74) is 4.13. The minimum absolute atomic E-state index is 0.0229. The Morgan fingerprint density at radius 1 is 1.45 bits per heavy atom. The monoisotopic (exact) mass is 461 g/mol. The quantitative estimate of drug-likeness (QED) is 0.361. The normalized spacial score (nSPS) is 10.6. The van der Waals surface area contributed by atoms with Gasteiger partial charge in [-0.1, -0.05) is 0 Å². The minimum atomic E-state index is -0.567. The number of hydrogen-bond donors (Lipinski definition) is 1. The molecule has 0 radical (unpaired) electrons. The van der Waals surface area contributed by atoms with Gasteiger partial charge in [0, 0.05) is 29.3 Å². The third kappa shape index (κ3) is 5.81. The van der Waals surface area contributed by atoms with Gasteiger partial charge in [-0.25, -0.2) is 10.4 Å². The van der Waals surface area contributed by atoms with Crippen molar-refractivity contribution >= 4 is 33.7 Å². The van der Waals surface area contributed by atoms with Gasteiger partial charge in [0.25, 0.3) is 11.6 Å². The fraction of sp³-hybridized carbons (Fsp3) is 0.222. The van der Waals surface area contributed by atoms with Crippen LogP contribution < -0.4 is 10.2 Å². The van der Waals surface area contributed by atoms with Crippen LogP contribution in [0.5, 0.6) is 5.88 Å². The van der Waals surface area contributed by atoms with Gasteiger partial charge in [-0.15, -0.1) is 0 Å². The van der Waals surface area contributed by atoms with Crippen molar-refractivity contribution in [2.45, 2.75) is 13.5 Å². The second-order valence-electron chi connectivity index (χ2n) is 5.65. The molecule has 2 rings (SSSR count). The van der Waals surface area contributed by atoms with E-state index in [2.05, 4.69) is 31.4 Å². The first kappa shape index (κ1) is 21.9. The van der Waals surface area contributed by atoms with Crippen LogP contribution in [0.1, 0.15) is 22.4 Å². The number of non-ortho nitro benzene ring substituents is 1. The number of aryl methyl sites for hydroxylation is 1. The van der Waals surface area contributed by atoms with Crippen LogP contribution in [0.2, 0.25) is 0 Å². The lowest BCUT2D eigenvalue weighted by atomic mass is 10.1. The largest absolute Gasteiger partial charge is 0.467 e. The van der Waals surface area contributed by atoms with Gasteiger partial charge in [0.1, 0.15) is 11.6 Å². The molecular weight excluding hydrogens is 446 g/mol. The summed E-state index contributed by atoms with van der Waals surface area (Å²) in [5.74, 6) is -0.544. The highest BCUT2D eigenvalue weighted by molar-refractivity contribution is 9.10. The van der Waals surface area contributed by atoms with E-state index in [-0.39, 0.29) is 23.7 Å². The summed E-state index contributed by atoms with van der Waals surface area (Å²) in [6.45, 7) is 1.49. The van der Waals surface area contributed by atoms with E-state index in [1.807, 2.05) is 6.07 Å². The van der Waals surface area contributed by atoms with Gasteiger partial charge in [-0.3, -0.25) is 14.9 Å². The smallest absolute Gasteiger partial charge is 0.278 e.